The predicted molar refractivity (Wildman–Crippen MR) is 135 cm³/mol. The zero-order valence-corrected chi connectivity index (χ0v) is 21.1. The van der Waals surface area contributed by atoms with Crippen molar-refractivity contribution in [3.8, 4) is 0 Å². The van der Waals surface area contributed by atoms with E-state index in [0.29, 0.717) is 12.2 Å². The number of nitrogens with two attached hydrogens (primary N) is 3. The molecule has 0 aliphatic carbocycles. The van der Waals surface area contributed by atoms with Crippen LogP contribution < -0.4 is 33.2 Å². The van der Waals surface area contributed by atoms with Crippen LogP contribution in [-0.2, 0) is 24.0 Å². The molecule has 0 heterocycles. The number of carbonyl (C=O) groups excluding carboxylic acids is 3. The fourth-order valence-corrected chi connectivity index (χ4v) is 3.42. The number of guanidine groups is 1. The lowest BCUT2D eigenvalue weighted by Gasteiger charge is -2.24. The molecule has 3 amide bonds. The van der Waals surface area contributed by atoms with Crippen LogP contribution in [0.5, 0.6) is 0 Å². The van der Waals surface area contributed by atoms with Gasteiger partial charge in [-0.25, -0.2) is 4.79 Å². The van der Waals surface area contributed by atoms with E-state index in [-0.39, 0.29) is 43.9 Å². The first kappa shape index (κ1) is 32.3. The van der Waals surface area contributed by atoms with Crippen LogP contribution >= 0.6 is 24.4 Å². The first-order chi connectivity index (χ1) is 16.4. The Morgan fingerprint density at radius 2 is 1.49 bits per heavy atom. The largest absolute Gasteiger partial charge is 0.481 e. The van der Waals surface area contributed by atoms with Crippen molar-refractivity contribution in [3.63, 3.8) is 0 Å². The van der Waals surface area contributed by atoms with Crippen molar-refractivity contribution in [2.75, 3.05) is 24.3 Å². The van der Waals surface area contributed by atoms with Crippen LogP contribution in [0.25, 0.3) is 0 Å². The van der Waals surface area contributed by atoms with E-state index in [0.717, 1.165) is 0 Å². The summed E-state index contributed by atoms with van der Waals surface area (Å²) in [5.41, 5.74) is 16.1. The standard InChI is InChI=1S/C19H35N7O7S2/c1-35-8-6-11(16(30)25-12(18(32)33)3-2-7-23-19(21)22)24-17(31)13(9-34)26-15(29)10(20)4-5-14(27)28/h10-13,34H,2-9,20H2,1H3,(H,24,31)(H,25,30)(H,26,29)(H,27,28)(H,32,33)(H4,21,22,23). The van der Waals surface area contributed by atoms with Gasteiger partial charge < -0.3 is 43.4 Å². The molecule has 0 aromatic carbocycles. The number of carboxylic acid groups (broad SMARTS) is 2. The van der Waals surface area contributed by atoms with Crippen LogP contribution in [0, 0.1) is 0 Å². The van der Waals surface area contributed by atoms with Gasteiger partial charge >= 0.3 is 11.9 Å². The second-order valence-electron chi connectivity index (χ2n) is 7.47. The van der Waals surface area contributed by atoms with E-state index in [4.69, 9.17) is 22.3 Å². The highest BCUT2D eigenvalue weighted by Crippen LogP contribution is 2.05. The molecule has 0 fully saturated rings. The minimum atomic E-state index is -1.26. The zero-order chi connectivity index (χ0) is 27.0. The van der Waals surface area contributed by atoms with E-state index >= 15 is 0 Å². The molecule has 0 aliphatic heterocycles. The zero-order valence-electron chi connectivity index (χ0n) is 19.4. The summed E-state index contributed by atoms with van der Waals surface area (Å²) in [7, 11) is 0. The van der Waals surface area contributed by atoms with E-state index in [1.807, 2.05) is 0 Å². The highest BCUT2D eigenvalue weighted by molar-refractivity contribution is 7.98. The number of nitrogens with one attached hydrogen (secondary N) is 3. The fourth-order valence-electron chi connectivity index (χ4n) is 2.69. The molecule has 0 spiro atoms. The summed E-state index contributed by atoms with van der Waals surface area (Å²) in [4.78, 5) is 63.7. The SMILES string of the molecule is CSCCC(NC(=O)C(CS)NC(=O)C(N)CCC(=O)O)C(=O)NC(CCCN=C(N)N)C(=O)O. The Kier molecular flexibility index (Phi) is 16.3. The lowest BCUT2D eigenvalue weighted by atomic mass is 10.1. The molecule has 16 heteroatoms. The smallest absolute Gasteiger partial charge is 0.326 e. The summed E-state index contributed by atoms with van der Waals surface area (Å²) in [5.74, 6) is -4.30. The Balaban J connectivity index is 5.18. The minimum Gasteiger partial charge on any atom is -0.481 e. The molecule has 11 N–H and O–H groups in total. The van der Waals surface area contributed by atoms with Gasteiger partial charge in [0.05, 0.1) is 6.04 Å². The summed E-state index contributed by atoms with van der Waals surface area (Å²) in [6, 6.07) is -4.60. The van der Waals surface area contributed by atoms with Gasteiger partial charge in [0.25, 0.3) is 0 Å². The summed E-state index contributed by atoms with van der Waals surface area (Å²) < 4.78 is 0. The van der Waals surface area contributed by atoms with E-state index in [2.05, 4.69) is 33.6 Å². The van der Waals surface area contributed by atoms with Crippen molar-refractivity contribution in [1.29, 1.82) is 0 Å². The first-order valence-corrected chi connectivity index (χ1v) is 12.7. The maximum Gasteiger partial charge on any atom is 0.326 e. The second-order valence-corrected chi connectivity index (χ2v) is 8.82. The summed E-state index contributed by atoms with van der Waals surface area (Å²) in [6.07, 6.45) is 1.91. The van der Waals surface area contributed by atoms with Gasteiger partial charge in [0.2, 0.25) is 17.7 Å². The number of carboxylic acids is 2. The van der Waals surface area contributed by atoms with Gasteiger partial charge in [0.1, 0.15) is 18.1 Å². The van der Waals surface area contributed by atoms with Crippen LogP contribution in [0.1, 0.15) is 32.1 Å². The molecule has 4 unspecified atom stereocenters. The van der Waals surface area contributed by atoms with Crippen molar-refractivity contribution in [2.24, 2.45) is 22.2 Å². The van der Waals surface area contributed by atoms with Gasteiger partial charge in [-0.3, -0.25) is 24.2 Å². The third-order valence-corrected chi connectivity index (χ3v) is 5.63. The molecular weight excluding hydrogens is 502 g/mol. The summed E-state index contributed by atoms with van der Waals surface area (Å²) in [6.45, 7) is 0.187. The molecule has 0 aromatic rings. The number of rotatable bonds is 18. The van der Waals surface area contributed by atoms with Gasteiger partial charge in [0.15, 0.2) is 5.96 Å². The average molecular weight is 538 g/mol. The van der Waals surface area contributed by atoms with Crippen LogP contribution in [-0.4, -0.2) is 94.3 Å². The highest BCUT2D eigenvalue weighted by Gasteiger charge is 2.29. The fraction of sp³-hybridized carbons (Fsp3) is 0.684. The molecule has 14 nitrogen and oxygen atoms in total. The summed E-state index contributed by atoms with van der Waals surface area (Å²) >= 11 is 5.47. The highest BCUT2D eigenvalue weighted by atomic mass is 32.2. The number of amides is 3. The Bertz CT molecular complexity index is 766. The van der Waals surface area contributed by atoms with Crippen LogP contribution in [0.15, 0.2) is 4.99 Å². The van der Waals surface area contributed by atoms with Crippen molar-refractivity contribution >= 4 is 60.0 Å². The lowest BCUT2D eigenvalue weighted by Crippen LogP contribution is -2.57. The normalized spacial score (nSPS) is 14.0. The van der Waals surface area contributed by atoms with E-state index in [1.54, 1.807) is 6.26 Å². The monoisotopic (exact) mass is 537 g/mol. The number of hydrogen-bond donors (Lipinski definition) is 9. The molecule has 200 valence electrons. The lowest BCUT2D eigenvalue weighted by molar-refractivity contribution is -0.142. The molecule has 0 bridgehead atoms. The molecule has 35 heavy (non-hydrogen) atoms. The Morgan fingerprint density at radius 1 is 0.914 bits per heavy atom. The van der Waals surface area contributed by atoms with Gasteiger partial charge in [-0.1, -0.05) is 0 Å². The van der Waals surface area contributed by atoms with Gasteiger partial charge in [0, 0.05) is 18.7 Å². The van der Waals surface area contributed by atoms with Crippen LogP contribution in [0.2, 0.25) is 0 Å². The Morgan fingerprint density at radius 3 is 2.00 bits per heavy atom. The molecule has 0 rings (SSSR count). The van der Waals surface area contributed by atoms with Gasteiger partial charge in [-0.15, -0.1) is 0 Å². The Labute approximate surface area is 213 Å². The number of aliphatic carboxylic acids is 2. The van der Waals surface area contributed by atoms with E-state index in [9.17, 15) is 29.1 Å². The number of thiol groups is 1. The maximum absolute atomic E-state index is 12.8. The third kappa shape index (κ3) is 14.3. The van der Waals surface area contributed by atoms with Crippen molar-refractivity contribution in [2.45, 2.75) is 56.3 Å². The van der Waals surface area contributed by atoms with Gasteiger partial charge in [-0.2, -0.15) is 24.4 Å². The first-order valence-electron chi connectivity index (χ1n) is 10.7. The van der Waals surface area contributed by atoms with Crippen LogP contribution in [0.3, 0.4) is 0 Å². The molecule has 0 saturated carbocycles. The Hall–Kier alpha value is -2.72. The molecular formula is C19H35N7O7S2. The molecule has 0 aliphatic rings. The predicted octanol–water partition coefficient (Wildman–Crippen LogP) is -2.55. The number of nitrogens with zero attached hydrogens (tertiary/aromatic N) is 1. The van der Waals surface area contributed by atoms with Crippen molar-refractivity contribution < 1.29 is 34.2 Å². The average Bonchev–Trinajstić information content (AvgIpc) is 2.79. The maximum atomic E-state index is 12.8. The quantitative estimate of drug-likeness (QED) is 0.0381. The molecule has 0 radical (unpaired) electrons. The summed E-state index contributed by atoms with van der Waals surface area (Å²) in [5, 5.41) is 25.4. The number of thioether (sulfide) groups is 1. The van der Waals surface area contributed by atoms with Crippen molar-refractivity contribution in [3.05, 3.63) is 0 Å². The van der Waals surface area contributed by atoms with Gasteiger partial charge in [-0.05, 0) is 37.7 Å². The minimum absolute atomic E-state index is 0.0601. The molecule has 0 saturated heterocycles. The third-order valence-electron chi connectivity index (χ3n) is 4.63. The number of aliphatic imine (C=N–C) groups is 1. The molecule has 0 aromatic heterocycles. The van der Waals surface area contributed by atoms with E-state index < -0.39 is 53.8 Å². The van der Waals surface area contributed by atoms with Crippen LogP contribution in [0.4, 0.5) is 0 Å². The second kappa shape index (κ2) is 17.7. The van der Waals surface area contributed by atoms with Crippen molar-refractivity contribution in [1.82, 2.24) is 16.0 Å². The topological polar surface area (TPSA) is 252 Å². The number of carbonyl (C=O) groups is 5. The number of hydrogen-bond acceptors (Lipinski definition) is 9. The van der Waals surface area contributed by atoms with E-state index in [1.165, 1.54) is 11.8 Å². The molecule has 4 atom stereocenters.